The largest absolute Gasteiger partial charge is 0.465 e. The van der Waals surface area contributed by atoms with Gasteiger partial charge in [-0.1, -0.05) is 37.5 Å². The van der Waals surface area contributed by atoms with E-state index >= 15 is 0 Å². The summed E-state index contributed by atoms with van der Waals surface area (Å²) >= 11 is 0. The highest BCUT2D eigenvalue weighted by Crippen LogP contribution is 2.30. The third kappa shape index (κ3) is 7.00. The minimum absolute atomic E-state index is 0.0459. The molecule has 1 unspecified atom stereocenters. The molecule has 0 heterocycles. The van der Waals surface area contributed by atoms with Gasteiger partial charge in [0.15, 0.2) is 0 Å². The van der Waals surface area contributed by atoms with Crippen LogP contribution in [0.15, 0.2) is 35.9 Å². The molecule has 2 rings (SSSR count). The summed E-state index contributed by atoms with van der Waals surface area (Å²) in [7, 11) is 1.38. The smallest absolute Gasteiger partial charge is 0.337 e. The van der Waals surface area contributed by atoms with Gasteiger partial charge in [0.2, 0.25) is 0 Å². The highest BCUT2D eigenvalue weighted by Gasteiger charge is 2.31. The van der Waals surface area contributed by atoms with E-state index in [0.717, 1.165) is 18.4 Å². The molecule has 0 aromatic heterocycles. The van der Waals surface area contributed by atoms with Crippen molar-refractivity contribution in [1.29, 1.82) is 0 Å². The monoisotopic (exact) mass is 401 g/mol. The molecule has 0 aliphatic heterocycles. The van der Waals surface area contributed by atoms with Crippen molar-refractivity contribution in [1.82, 2.24) is 5.32 Å². The maximum absolute atomic E-state index is 12.9. The Kier molecular flexibility index (Phi) is 8.45. The zero-order valence-electron chi connectivity index (χ0n) is 18.4. The molecule has 160 valence electrons. The predicted octanol–water partition coefficient (Wildman–Crippen LogP) is 4.80. The van der Waals surface area contributed by atoms with E-state index in [-0.39, 0.29) is 18.0 Å². The van der Waals surface area contributed by atoms with E-state index in [1.54, 1.807) is 12.1 Å². The normalized spacial score (nSPS) is 16.9. The molecule has 0 bridgehead atoms. The lowest BCUT2D eigenvalue weighted by Gasteiger charge is -2.33. The number of benzene rings is 1. The maximum Gasteiger partial charge on any atom is 0.337 e. The SMILES string of the molecule is C/C=C(\C(=O)OC(C)(C)C)C(NCc1ccc(C(=O)OC)cc1)C1CCCCC1. The van der Waals surface area contributed by atoms with Gasteiger partial charge in [0.25, 0.3) is 0 Å². The minimum atomic E-state index is -0.522. The summed E-state index contributed by atoms with van der Waals surface area (Å²) in [6.07, 6.45) is 7.76. The Labute approximate surface area is 174 Å². The maximum atomic E-state index is 12.9. The fraction of sp³-hybridized carbons (Fsp3) is 0.583. The molecular formula is C24H35NO4. The molecule has 1 aromatic rings. The molecular weight excluding hydrogens is 366 g/mol. The summed E-state index contributed by atoms with van der Waals surface area (Å²) < 4.78 is 10.4. The lowest BCUT2D eigenvalue weighted by atomic mass is 9.80. The molecule has 0 spiro atoms. The Hall–Kier alpha value is -2.14. The second kappa shape index (κ2) is 10.6. The number of hydrogen-bond acceptors (Lipinski definition) is 5. The van der Waals surface area contributed by atoms with Crippen LogP contribution in [-0.4, -0.2) is 30.7 Å². The number of esters is 2. The summed E-state index contributed by atoms with van der Waals surface area (Å²) in [5, 5.41) is 3.60. The fourth-order valence-electron chi connectivity index (χ4n) is 3.86. The Morgan fingerprint density at radius 3 is 2.28 bits per heavy atom. The first-order valence-corrected chi connectivity index (χ1v) is 10.6. The number of allylic oxidation sites excluding steroid dienone is 1. The molecule has 5 heteroatoms. The van der Waals surface area contributed by atoms with Gasteiger partial charge in [-0.25, -0.2) is 9.59 Å². The van der Waals surface area contributed by atoms with Gasteiger partial charge in [0.1, 0.15) is 5.60 Å². The molecule has 1 aliphatic carbocycles. The van der Waals surface area contributed by atoms with Crippen LogP contribution in [0.5, 0.6) is 0 Å². The Morgan fingerprint density at radius 2 is 1.76 bits per heavy atom. The second-order valence-electron chi connectivity index (χ2n) is 8.69. The summed E-state index contributed by atoms with van der Waals surface area (Å²) in [4.78, 5) is 24.5. The first-order valence-electron chi connectivity index (χ1n) is 10.6. The van der Waals surface area contributed by atoms with Gasteiger partial charge in [-0.3, -0.25) is 0 Å². The predicted molar refractivity (Wildman–Crippen MR) is 115 cm³/mol. The van der Waals surface area contributed by atoms with Crippen LogP contribution in [-0.2, 0) is 20.8 Å². The van der Waals surface area contributed by atoms with Crippen molar-refractivity contribution in [2.24, 2.45) is 5.92 Å². The minimum Gasteiger partial charge on any atom is -0.465 e. The van der Waals surface area contributed by atoms with Crippen LogP contribution in [0.4, 0.5) is 0 Å². The summed E-state index contributed by atoms with van der Waals surface area (Å²) in [6, 6.07) is 7.32. The number of ether oxygens (including phenoxy) is 2. The molecule has 1 aliphatic rings. The van der Waals surface area contributed by atoms with E-state index in [4.69, 9.17) is 9.47 Å². The summed E-state index contributed by atoms with van der Waals surface area (Å²) in [6.45, 7) is 8.20. The van der Waals surface area contributed by atoms with Crippen LogP contribution in [0.1, 0.15) is 75.7 Å². The van der Waals surface area contributed by atoms with E-state index in [9.17, 15) is 9.59 Å². The highest BCUT2D eigenvalue weighted by molar-refractivity contribution is 5.90. The van der Waals surface area contributed by atoms with Gasteiger partial charge in [-0.2, -0.15) is 0 Å². The second-order valence-corrected chi connectivity index (χ2v) is 8.69. The number of methoxy groups -OCH3 is 1. The van der Waals surface area contributed by atoms with Crippen LogP contribution in [0, 0.1) is 5.92 Å². The molecule has 5 nitrogen and oxygen atoms in total. The molecule has 0 saturated heterocycles. The van der Waals surface area contributed by atoms with Crippen molar-refractivity contribution in [3.63, 3.8) is 0 Å². The molecule has 0 amide bonds. The van der Waals surface area contributed by atoms with E-state index in [2.05, 4.69) is 5.32 Å². The van der Waals surface area contributed by atoms with Crippen molar-refractivity contribution in [3.05, 3.63) is 47.0 Å². The van der Waals surface area contributed by atoms with Crippen molar-refractivity contribution >= 4 is 11.9 Å². The van der Waals surface area contributed by atoms with Crippen LogP contribution >= 0.6 is 0 Å². The molecule has 1 aromatic carbocycles. The third-order valence-electron chi connectivity index (χ3n) is 5.30. The van der Waals surface area contributed by atoms with Crippen molar-refractivity contribution < 1.29 is 19.1 Å². The van der Waals surface area contributed by atoms with Crippen LogP contribution < -0.4 is 5.32 Å². The lowest BCUT2D eigenvalue weighted by Crippen LogP contribution is -2.42. The molecule has 1 fully saturated rings. The van der Waals surface area contributed by atoms with E-state index < -0.39 is 5.60 Å². The summed E-state index contributed by atoms with van der Waals surface area (Å²) in [5.41, 5.74) is 1.77. The molecule has 29 heavy (non-hydrogen) atoms. The average Bonchev–Trinajstić information content (AvgIpc) is 2.70. The van der Waals surface area contributed by atoms with Crippen molar-refractivity contribution in [2.45, 2.75) is 78.0 Å². The first kappa shape index (κ1) is 23.1. The Balaban J connectivity index is 2.15. The molecule has 0 radical (unpaired) electrons. The van der Waals surface area contributed by atoms with Gasteiger partial charge in [0, 0.05) is 12.6 Å². The van der Waals surface area contributed by atoms with E-state index in [1.165, 1.54) is 26.4 Å². The number of nitrogens with one attached hydrogen (secondary N) is 1. The van der Waals surface area contributed by atoms with E-state index in [0.29, 0.717) is 23.6 Å². The van der Waals surface area contributed by atoms with Crippen LogP contribution in [0.25, 0.3) is 0 Å². The zero-order chi connectivity index (χ0) is 21.4. The zero-order valence-corrected chi connectivity index (χ0v) is 18.4. The quantitative estimate of drug-likeness (QED) is 0.525. The van der Waals surface area contributed by atoms with Gasteiger partial charge in [0.05, 0.1) is 18.2 Å². The number of carbonyl (C=O) groups is 2. The molecule has 1 saturated carbocycles. The molecule has 1 atom stereocenters. The molecule has 1 N–H and O–H groups in total. The number of rotatable bonds is 7. The lowest BCUT2D eigenvalue weighted by molar-refractivity contribution is -0.150. The topological polar surface area (TPSA) is 64.6 Å². The van der Waals surface area contributed by atoms with Crippen LogP contribution in [0.3, 0.4) is 0 Å². The van der Waals surface area contributed by atoms with Gasteiger partial charge in [-0.05, 0) is 64.2 Å². The number of carbonyl (C=O) groups excluding carboxylic acids is 2. The van der Waals surface area contributed by atoms with E-state index in [1.807, 2.05) is 45.9 Å². The van der Waals surface area contributed by atoms with Gasteiger partial charge < -0.3 is 14.8 Å². The van der Waals surface area contributed by atoms with Gasteiger partial charge >= 0.3 is 11.9 Å². The summed E-state index contributed by atoms with van der Waals surface area (Å²) in [5.74, 6) is -0.174. The fourth-order valence-corrected chi connectivity index (χ4v) is 3.86. The van der Waals surface area contributed by atoms with Crippen molar-refractivity contribution in [2.75, 3.05) is 7.11 Å². The van der Waals surface area contributed by atoms with Gasteiger partial charge in [-0.15, -0.1) is 0 Å². The first-order chi connectivity index (χ1) is 13.7. The Bertz CT molecular complexity index is 709. The number of hydrogen-bond donors (Lipinski definition) is 1. The van der Waals surface area contributed by atoms with Crippen molar-refractivity contribution in [3.8, 4) is 0 Å². The highest BCUT2D eigenvalue weighted by atomic mass is 16.6. The standard InChI is InChI=1S/C24H35NO4/c1-6-20(23(27)29-24(2,3)4)21(18-10-8-7-9-11-18)25-16-17-12-14-19(15-13-17)22(26)28-5/h6,12-15,18,21,25H,7-11,16H2,1-5H3/b20-6-. The third-order valence-corrected chi connectivity index (χ3v) is 5.30. The Morgan fingerprint density at radius 1 is 1.14 bits per heavy atom. The average molecular weight is 402 g/mol. The van der Waals surface area contributed by atoms with Crippen LogP contribution in [0.2, 0.25) is 0 Å².